The monoisotopic (exact) mass is 579 g/mol. The first kappa shape index (κ1) is 29.3. The molecule has 4 amide bonds. The Labute approximate surface area is 237 Å². The average molecular weight is 580 g/mol. The van der Waals surface area contributed by atoms with Crippen LogP contribution in [0.5, 0.6) is 11.5 Å². The maximum atomic E-state index is 13.8. The van der Waals surface area contributed by atoms with Crippen LogP contribution in [0, 0.1) is 0 Å². The second-order valence-electron chi connectivity index (χ2n) is 8.68. The minimum absolute atomic E-state index is 0.000700. The molecular formula is C28H24F3N7O4. The lowest BCUT2D eigenvalue weighted by Gasteiger charge is -2.16. The molecule has 0 fully saturated rings. The molecule has 0 saturated heterocycles. The van der Waals surface area contributed by atoms with Crippen LogP contribution in [0.4, 0.5) is 35.0 Å². The molecule has 0 spiro atoms. The van der Waals surface area contributed by atoms with Gasteiger partial charge >= 0.3 is 12.2 Å². The van der Waals surface area contributed by atoms with E-state index in [2.05, 4.69) is 37.9 Å². The van der Waals surface area contributed by atoms with Gasteiger partial charge in [0.1, 0.15) is 17.2 Å². The zero-order valence-electron chi connectivity index (χ0n) is 22.0. The third-order valence-corrected chi connectivity index (χ3v) is 5.60. The second-order valence-corrected chi connectivity index (χ2v) is 8.68. The van der Waals surface area contributed by atoms with Gasteiger partial charge in [-0.25, -0.2) is 4.79 Å². The molecular weight excluding hydrogens is 555 g/mol. The molecule has 4 aromatic rings. The summed E-state index contributed by atoms with van der Waals surface area (Å²) < 4.78 is 48.5. The fourth-order valence-corrected chi connectivity index (χ4v) is 3.60. The molecule has 4 rings (SSSR count). The number of amides is 4. The van der Waals surface area contributed by atoms with Crippen LogP contribution in [-0.2, 0) is 17.5 Å². The summed E-state index contributed by atoms with van der Waals surface area (Å²) in [6.07, 6.45) is -0.328. The fraction of sp³-hybridized carbons (Fsp3) is 0.107. The first-order chi connectivity index (χ1) is 20.0. The molecule has 0 aliphatic heterocycles. The van der Waals surface area contributed by atoms with Crippen LogP contribution in [0.15, 0.2) is 91.4 Å². The smallest absolute Gasteiger partial charge is 0.418 e. The van der Waals surface area contributed by atoms with Crippen molar-refractivity contribution < 1.29 is 32.3 Å². The lowest BCUT2D eigenvalue weighted by Crippen LogP contribution is -2.22. The molecule has 0 unspecified atom stereocenters. The van der Waals surface area contributed by atoms with E-state index < -0.39 is 29.4 Å². The Morgan fingerprint density at radius 1 is 0.929 bits per heavy atom. The van der Waals surface area contributed by atoms with Crippen molar-refractivity contribution in [3.8, 4) is 11.5 Å². The topological polar surface area (TPSA) is 139 Å². The van der Waals surface area contributed by atoms with Crippen LogP contribution in [0.3, 0.4) is 0 Å². The lowest BCUT2D eigenvalue weighted by atomic mass is 10.1. The average Bonchev–Trinajstić information content (AvgIpc) is 3.47. The summed E-state index contributed by atoms with van der Waals surface area (Å²) in [6, 6.07) is 13.0. The number of anilines is 3. The minimum atomic E-state index is -4.83. The summed E-state index contributed by atoms with van der Waals surface area (Å²) in [6.45, 7) is 3.60. The number of halogens is 3. The molecule has 4 N–H and O–H groups in total. The third-order valence-electron chi connectivity index (χ3n) is 5.60. The number of rotatable bonds is 9. The normalized spacial score (nSPS) is 10.9. The summed E-state index contributed by atoms with van der Waals surface area (Å²) in [5.41, 5.74) is -1.30. The number of carbonyl (C=O) groups is 3. The second kappa shape index (κ2) is 12.7. The highest BCUT2D eigenvalue weighted by Crippen LogP contribution is 2.37. The highest BCUT2D eigenvalue weighted by atomic mass is 19.4. The van der Waals surface area contributed by atoms with Crippen LogP contribution in [0.2, 0.25) is 0 Å². The molecule has 2 aromatic heterocycles. The number of ether oxygens (including phenoxy) is 1. The first-order valence-electron chi connectivity index (χ1n) is 12.2. The Balaban J connectivity index is 1.38. The number of hydrogen-bond donors (Lipinski definition) is 4. The van der Waals surface area contributed by atoms with Crippen molar-refractivity contribution in [2.24, 2.45) is 0 Å². The van der Waals surface area contributed by atoms with Gasteiger partial charge in [0, 0.05) is 48.7 Å². The molecule has 0 radical (unpaired) electrons. The van der Waals surface area contributed by atoms with Gasteiger partial charge in [0.2, 0.25) is 0 Å². The SMILES string of the molecule is C=C(Cn1cccn1)C(=O)Nc1ccc(NC(=O)Nc2ccc(Oc3ccnc(C(=O)NC)c3)cc2)cc1C(F)(F)F. The van der Waals surface area contributed by atoms with E-state index in [9.17, 15) is 27.6 Å². The molecule has 0 saturated carbocycles. The number of benzene rings is 2. The zero-order chi connectivity index (χ0) is 30.3. The molecule has 216 valence electrons. The number of urea groups is 1. The van der Waals surface area contributed by atoms with Crippen LogP contribution in [-0.4, -0.2) is 39.7 Å². The van der Waals surface area contributed by atoms with Crippen molar-refractivity contribution in [3.05, 3.63) is 103 Å². The predicted octanol–water partition coefficient (Wildman–Crippen LogP) is 5.29. The lowest BCUT2D eigenvalue weighted by molar-refractivity contribution is -0.136. The molecule has 0 aliphatic carbocycles. The Bertz CT molecular complexity index is 1600. The van der Waals surface area contributed by atoms with Gasteiger partial charge in [0.05, 0.1) is 17.8 Å². The van der Waals surface area contributed by atoms with Crippen LogP contribution in [0.1, 0.15) is 16.1 Å². The van der Waals surface area contributed by atoms with Crippen molar-refractivity contribution in [1.82, 2.24) is 20.1 Å². The molecule has 0 bridgehead atoms. The van der Waals surface area contributed by atoms with Gasteiger partial charge in [0.15, 0.2) is 0 Å². The molecule has 42 heavy (non-hydrogen) atoms. The van der Waals surface area contributed by atoms with Crippen LogP contribution < -0.4 is 26.0 Å². The highest BCUT2D eigenvalue weighted by Gasteiger charge is 2.34. The number of hydrogen-bond acceptors (Lipinski definition) is 6. The quantitative estimate of drug-likeness (QED) is 0.199. The van der Waals surface area contributed by atoms with Crippen LogP contribution >= 0.6 is 0 Å². The van der Waals surface area contributed by atoms with Gasteiger partial charge in [-0.3, -0.25) is 19.3 Å². The Morgan fingerprint density at radius 3 is 2.31 bits per heavy atom. The van der Waals surface area contributed by atoms with E-state index in [0.29, 0.717) is 23.3 Å². The third kappa shape index (κ3) is 7.71. The van der Waals surface area contributed by atoms with Gasteiger partial charge in [-0.05, 0) is 54.6 Å². The van der Waals surface area contributed by atoms with Gasteiger partial charge in [-0.1, -0.05) is 6.58 Å². The maximum absolute atomic E-state index is 13.8. The molecule has 0 atom stereocenters. The van der Waals surface area contributed by atoms with E-state index in [4.69, 9.17) is 4.74 Å². The number of pyridine rings is 1. The van der Waals surface area contributed by atoms with E-state index >= 15 is 0 Å². The first-order valence-corrected chi connectivity index (χ1v) is 12.2. The van der Waals surface area contributed by atoms with E-state index in [1.165, 1.54) is 48.4 Å². The molecule has 11 nitrogen and oxygen atoms in total. The molecule has 0 aliphatic rings. The number of aromatic nitrogens is 3. The van der Waals surface area contributed by atoms with E-state index in [-0.39, 0.29) is 29.4 Å². The summed E-state index contributed by atoms with van der Waals surface area (Å²) in [4.78, 5) is 40.6. The van der Waals surface area contributed by atoms with Crippen molar-refractivity contribution in [1.29, 1.82) is 0 Å². The Hall–Kier alpha value is -5.66. The predicted molar refractivity (Wildman–Crippen MR) is 148 cm³/mol. The zero-order valence-corrected chi connectivity index (χ0v) is 22.0. The summed E-state index contributed by atoms with van der Waals surface area (Å²) in [7, 11) is 1.48. The van der Waals surface area contributed by atoms with Gasteiger partial charge in [-0.15, -0.1) is 0 Å². The number of alkyl halides is 3. The van der Waals surface area contributed by atoms with Crippen molar-refractivity contribution in [2.75, 3.05) is 23.0 Å². The van der Waals surface area contributed by atoms with Crippen molar-refractivity contribution in [3.63, 3.8) is 0 Å². The highest BCUT2D eigenvalue weighted by molar-refractivity contribution is 6.04. The summed E-state index contributed by atoms with van der Waals surface area (Å²) in [5, 5.41) is 13.5. The molecule has 2 heterocycles. The van der Waals surface area contributed by atoms with E-state index in [1.54, 1.807) is 30.5 Å². The Kier molecular flexibility index (Phi) is 8.85. The maximum Gasteiger partial charge on any atom is 0.418 e. The minimum Gasteiger partial charge on any atom is -0.457 e. The number of nitrogens with one attached hydrogen (secondary N) is 4. The number of nitrogens with zero attached hydrogens (tertiary/aromatic N) is 3. The molecule has 2 aromatic carbocycles. The molecule has 14 heteroatoms. The summed E-state index contributed by atoms with van der Waals surface area (Å²) in [5.74, 6) is -0.420. The standard InChI is InChI=1S/C28H24F3N7O4/c1-17(16-38-13-3-11-34-38)25(39)37-23-9-6-19(14-22(23)28(29,30)31)36-27(41)35-18-4-7-20(8-5-18)42-21-10-12-33-24(15-21)26(40)32-2/h3-15H,1,16H2,2H3,(H,32,40)(H,37,39)(H2,35,36,41). The van der Waals surface area contributed by atoms with Gasteiger partial charge in [0.25, 0.3) is 11.8 Å². The van der Waals surface area contributed by atoms with E-state index in [0.717, 1.165) is 6.07 Å². The van der Waals surface area contributed by atoms with E-state index in [1.807, 2.05) is 0 Å². The fourth-order valence-electron chi connectivity index (χ4n) is 3.60. The van der Waals surface area contributed by atoms with Crippen LogP contribution in [0.25, 0.3) is 0 Å². The summed E-state index contributed by atoms with van der Waals surface area (Å²) >= 11 is 0. The van der Waals surface area contributed by atoms with Crippen molar-refractivity contribution >= 4 is 34.9 Å². The number of carbonyl (C=O) groups excluding carboxylic acids is 3. The van der Waals surface area contributed by atoms with Gasteiger partial charge in [-0.2, -0.15) is 18.3 Å². The van der Waals surface area contributed by atoms with Gasteiger partial charge < -0.3 is 26.0 Å². The van der Waals surface area contributed by atoms with Crippen molar-refractivity contribution in [2.45, 2.75) is 12.7 Å². The largest absolute Gasteiger partial charge is 0.457 e. The Morgan fingerprint density at radius 2 is 1.64 bits per heavy atom.